The number of hydrogen-bond acceptors (Lipinski definition) is 4. The predicted molar refractivity (Wildman–Crippen MR) is 78.9 cm³/mol. The minimum Gasteiger partial charge on any atom is -0.508 e. The summed E-state index contributed by atoms with van der Waals surface area (Å²) in [4.78, 5) is 12.3. The molecule has 0 aliphatic carbocycles. The normalized spacial score (nSPS) is 10.8. The highest BCUT2D eigenvalue weighted by molar-refractivity contribution is 9.10. The molecule has 0 radical (unpaired) electrons. The topological polar surface area (TPSA) is 70.7 Å². The Balaban J connectivity index is 2.42. The average molecular weight is 333 g/mol. The van der Waals surface area contributed by atoms with E-state index in [9.17, 15) is 15.0 Å². The van der Waals surface area contributed by atoms with Crippen LogP contribution < -0.4 is 5.43 Å². The van der Waals surface area contributed by atoms with E-state index in [1.54, 1.807) is 12.1 Å². The summed E-state index contributed by atoms with van der Waals surface area (Å²) in [6, 6.07) is 11.5. The van der Waals surface area contributed by atoms with Gasteiger partial charge in [0.15, 0.2) is 5.76 Å². The molecule has 4 nitrogen and oxygen atoms in total. The van der Waals surface area contributed by atoms with E-state index in [1.165, 1.54) is 6.07 Å². The zero-order valence-electron chi connectivity index (χ0n) is 10.1. The summed E-state index contributed by atoms with van der Waals surface area (Å²) in [5, 5.41) is 19.3. The molecule has 0 aliphatic rings. The van der Waals surface area contributed by atoms with Crippen LogP contribution in [0.5, 0.6) is 11.5 Å². The molecule has 1 heterocycles. The second-order valence-electron chi connectivity index (χ2n) is 4.28. The minimum absolute atomic E-state index is 0.0364. The van der Waals surface area contributed by atoms with E-state index in [0.29, 0.717) is 5.76 Å². The van der Waals surface area contributed by atoms with Gasteiger partial charge in [-0.2, -0.15) is 0 Å². The van der Waals surface area contributed by atoms with Crippen LogP contribution in [0.2, 0.25) is 0 Å². The molecule has 3 aromatic rings. The van der Waals surface area contributed by atoms with Gasteiger partial charge in [0.25, 0.3) is 0 Å². The highest BCUT2D eigenvalue weighted by Gasteiger charge is 2.17. The zero-order valence-corrected chi connectivity index (χ0v) is 11.7. The number of benzene rings is 2. The number of aromatic hydroxyl groups is 2. The second-order valence-corrected chi connectivity index (χ2v) is 5.07. The lowest BCUT2D eigenvalue weighted by atomic mass is 10.1. The molecule has 100 valence electrons. The molecule has 0 bridgehead atoms. The maximum atomic E-state index is 12.3. The highest BCUT2D eigenvalue weighted by atomic mass is 79.9. The molecular weight excluding hydrogens is 324 g/mol. The van der Waals surface area contributed by atoms with Gasteiger partial charge in [0, 0.05) is 17.7 Å². The summed E-state index contributed by atoms with van der Waals surface area (Å²) in [5.41, 5.74) is 0.471. The molecule has 20 heavy (non-hydrogen) atoms. The van der Waals surface area contributed by atoms with Crippen molar-refractivity contribution in [2.45, 2.75) is 0 Å². The lowest BCUT2D eigenvalue weighted by molar-refractivity contribution is 0.452. The lowest BCUT2D eigenvalue weighted by Gasteiger charge is -2.07. The molecular formula is C15H9BrO4. The van der Waals surface area contributed by atoms with Crippen LogP contribution in [-0.4, -0.2) is 10.2 Å². The van der Waals surface area contributed by atoms with Crippen molar-refractivity contribution in [2.75, 3.05) is 0 Å². The molecule has 0 amide bonds. The monoisotopic (exact) mass is 332 g/mol. The molecule has 0 spiro atoms. The minimum atomic E-state index is -0.386. The van der Waals surface area contributed by atoms with Crippen LogP contribution in [0.3, 0.4) is 0 Å². The van der Waals surface area contributed by atoms with Crippen LogP contribution in [0.15, 0.2) is 56.1 Å². The number of halogens is 1. The van der Waals surface area contributed by atoms with Crippen molar-refractivity contribution in [2.24, 2.45) is 0 Å². The van der Waals surface area contributed by atoms with Crippen molar-refractivity contribution < 1.29 is 14.6 Å². The largest absolute Gasteiger partial charge is 0.508 e. The summed E-state index contributed by atoms with van der Waals surface area (Å²) in [5.74, 6) is -0.123. The van der Waals surface area contributed by atoms with Gasteiger partial charge in [-0.05, 0) is 15.9 Å². The molecule has 5 heteroatoms. The Morgan fingerprint density at radius 2 is 1.75 bits per heavy atom. The van der Waals surface area contributed by atoms with Gasteiger partial charge in [-0.3, -0.25) is 4.79 Å². The molecule has 0 atom stereocenters. The molecule has 0 saturated heterocycles. The Labute approximate surface area is 122 Å². The van der Waals surface area contributed by atoms with Crippen molar-refractivity contribution in [3.63, 3.8) is 0 Å². The van der Waals surface area contributed by atoms with Gasteiger partial charge < -0.3 is 14.6 Å². The van der Waals surface area contributed by atoms with E-state index >= 15 is 0 Å². The number of fused-ring (bicyclic) bond motifs is 1. The van der Waals surface area contributed by atoms with Crippen molar-refractivity contribution in [1.82, 2.24) is 0 Å². The molecule has 0 saturated carbocycles. The van der Waals surface area contributed by atoms with Crippen molar-refractivity contribution >= 4 is 26.9 Å². The Kier molecular flexibility index (Phi) is 2.99. The van der Waals surface area contributed by atoms with E-state index in [4.69, 9.17) is 4.42 Å². The SMILES string of the molecule is O=c1c(Br)c(-c2ccccc2)oc2cc(O)cc(O)c12. The summed E-state index contributed by atoms with van der Waals surface area (Å²) in [6.07, 6.45) is 0. The lowest BCUT2D eigenvalue weighted by Crippen LogP contribution is -2.04. The number of phenolic OH excluding ortho intramolecular Hbond substituents is 2. The zero-order chi connectivity index (χ0) is 14.3. The summed E-state index contributed by atoms with van der Waals surface area (Å²) >= 11 is 3.21. The Bertz CT molecular complexity index is 853. The van der Waals surface area contributed by atoms with Gasteiger partial charge in [-0.25, -0.2) is 0 Å². The third-order valence-electron chi connectivity index (χ3n) is 2.94. The van der Waals surface area contributed by atoms with Gasteiger partial charge in [-0.15, -0.1) is 0 Å². The highest BCUT2D eigenvalue weighted by Crippen LogP contribution is 2.34. The second kappa shape index (κ2) is 4.68. The van der Waals surface area contributed by atoms with Gasteiger partial charge in [0.1, 0.15) is 26.9 Å². The maximum Gasteiger partial charge on any atom is 0.211 e. The van der Waals surface area contributed by atoms with E-state index in [0.717, 1.165) is 11.6 Å². The summed E-state index contributed by atoms with van der Waals surface area (Å²) in [7, 11) is 0. The first-order valence-corrected chi connectivity index (χ1v) is 6.61. The standard InChI is InChI=1S/C15H9BrO4/c16-13-14(19)12-10(18)6-9(17)7-11(12)20-15(13)8-4-2-1-3-5-8/h1-7,17-18H. The van der Waals surface area contributed by atoms with E-state index < -0.39 is 0 Å². The molecule has 3 rings (SSSR count). The van der Waals surface area contributed by atoms with Gasteiger partial charge >= 0.3 is 0 Å². The molecule has 2 aromatic carbocycles. The van der Waals surface area contributed by atoms with Crippen LogP contribution >= 0.6 is 15.9 Å². The van der Waals surface area contributed by atoms with E-state index in [-0.39, 0.29) is 32.4 Å². The van der Waals surface area contributed by atoms with Gasteiger partial charge in [0.05, 0.1) is 0 Å². The molecule has 1 aromatic heterocycles. The molecule has 0 aliphatic heterocycles. The van der Waals surface area contributed by atoms with E-state index in [1.807, 2.05) is 18.2 Å². The molecule has 0 fully saturated rings. The number of rotatable bonds is 1. The van der Waals surface area contributed by atoms with Gasteiger partial charge in [-0.1, -0.05) is 30.3 Å². The van der Waals surface area contributed by atoms with Crippen molar-refractivity contribution in [3.8, 4) is 22.8 Å². The third-order valence-corrected chi connectivity index (χ3v) is 3.66. The van der Waals surface area contributed by atoms with E-state index in [2.05, 4.69) is 15.9 Å². The van der Waals surface area contributed by atoms with Crippen molar-refractivity contribution in [1.29, 1.82) is 0 Å². The smallest absolute Gasteiger partial charge is 0.211 e. The van der Waals surface area contributed by atoms with Crippen LogP contribution in [0.1, 0.15) is 0 Å². The van der Waals surface area contributed by atoms with Crippen LogP contribution in [0.4, 0.5) is 0 Å². The van der Waals surface area contributed by atoms with Crippen LogP contribution in [0, 0.1) is 0 Å². The molecule has 2 N–H and O–H groups in total. The Morgan fingerprint density at radius 3 is 2.45 bits per heavy atom. The number of phenols is 2. The first-order chi connectivity index (χ1) is 9.58. The third kappa shape index (κ3) is 1.96. The maximum absolute atomic E-state index is 12.3. The fourth-order valence-electron chi connectivity index (χ4n) is 2.04. The molecule has 0 unspecified atom stereocenters. The van der Waals surface area contributed by atoms with Crippen LogP contribution in [-0.2, 0) is 0 Å². The quantitative estimate of drug-likeness (QED) is 0.713. The average Bonchev–Trinajstić information content (AvgIpc) is 2.43. The Morgan fingerprint density at radius 1 is 1.05 bits per heavy atom. The number of hydrogen-bond donors (Lipinski definition) is 2. The summed E-state index contributed by atoms with van der Waals surface area (Å²) < 4.78 is 5.89. The summed E-state index contributed by atoms with van der Waals surface area (Å²) in [6.45, 7) is 0. The first-order valence-electron chi connectivity index (χ1n) is 5.81. The van der Waals surface area contributed by atoms with Crippen molar-refractivity contribution in [3.05, 3.63) is 57.2 Å². The Hall–Kier alpha value is -2.27. The fourth-order valence-corrected chi connectivity index (χ4v) is 2.55. The predicted octanol–water partition coefficient (Wildman–Crippen LogP) is 3.63. The van der Waals surface area contributed by atoms with Crippen LogP contribution in [0.25, 0.3) is 22.3 Å². The fraction of sp³-hybridized carbons (Fsp3) is 0. The van der Waals surface area contributed by atoms with Gasteiger partial charge in [0.2, 0.25) is 5.43 Å². The first kappa shape index (κ1) is 12.7.